The highest BCUT2D eigenvalue weighted by atomic mass is 32.2. The maximum absolute atomic E-state index is 12.5. The van der Waals surface area contributed by atoms with E-state index in [9.17, 15) is 8.42 Å². The minimum absolute atomic E-state index is 0.363. The van der Waals surface area contributed by atoms with Crippen LogP contribution in [-0.4, -0.2) is 21.5 Å². The van der Waals surface area contributed by atoms with E-state index in [1.165, 1.54) is 11.3 Å². The predicted octanol–water partition coefficient (Wildman–Crippen LogP) is 4.27. The molecule has 0 unspecified atom stereocenters. The highest BCUT2D eigenvalue weighted by molar-refractivity contribution is 7.94. The van der Waals surface area contributed by atoms with Crippen molar-refractivity contribution in [3.63, 3.8) is 0 Å². The number of nitrogens with one attached hydrogen (secondary N) is 1. The summed E-state index contributed by atoms with van der Waals surface area (Å²) < 4.78 is 28.1. The van der Waals surface area contributed by atoms with Crippen LogP contribution in [0.5, 0.6) is 0 Å². The Kier molecular flexibility index (Phi) is 5.70. The number of nitrogens with zero attached hydrogens (tertiary/aromatic N) is 1. The molecule has 0 radical (unpaired) electrons. The molecule has 1 N–H and O–H groups in total. The molecule has 0 aliphatic heterocycles. The van der Waals surface area contributed by atoms with Gasteiger partial charge in [0.2, 0.25) is 0 Å². The van der Waals surface area contributed by atoms with Gasteiger partial charge in [-0.15, -0.1) is 11.3 Å². The van der Waals surface area contributed by atoms with Gasteiger partial charge in [-0.1, -0.05) is 6.92 Å². The molecule has 0 saturated carbocycles. The molecule has 0 fully saturated rings. The van der Waals surface area contributed by atoms with Gasteiger partial charge in [-0.2, -0.15) is 0 Å². The summed E-state index contributed by atoms with van der Waals surface area (Å²) >= 11 is 1.32. The summed E-state index contributed by atoms with van der Waals surface area (Å²) in [5.41, 5.74) is 2.66. The Balaban J connectivity index is 2.25. The van der Waals surface area contributed by atoms with Gasteiger partial charge in [-0.3, -0.25) is 4.72 Å². The van der Waals surface area contributed by atoms with E-state index in [1.807, 2.05) is 38.1 Å². The second-order valence-electron chi connectivity index (χ2n) is 5.35. The van der Waals surface area contributed by atoms with E-state index in [1.54, 1.807) is 6.07 Å². The summed E-state index contributed by atoms with van der Waals surface area (Å²) in [6.07, 6.45) is 0.845. The van der Waals surface area contributed by atoms with Gasteiger partial charge in [0.05, 0.1) is 5.69 Å². The molecule has 0 saturated heterocycles. The van der Waals surface area contributed by atoms with E-state index < -0.39 is 10.0 Å². The lowest BCUT2D eigenvalue weighted by molar-refractivity contribution is 0.603. The van der Waals surface area contributed by atoms with Crippen molar-refractivity contribution in [2.45, 2.75) is 38.3 Å². The van der Waals surface area contributed by atoms with Crippen molar-refractivity contribution in [3.8, 4) is 0 Å². The molecular formula is C17H24N2O2S2. The number of rotatable bonds is 7. The Hall–Kier alpha value is -1.53. The van der Waals surface area contributed by atoms with E-state index >= 15 is 0 Å². The minimum Gasteiger partial charge on any atom is -0.372 e. The Morgan fingerprint density at radius 3 is 2.30 bits per heavy atom. The maximum Gasteiger partial charge on any atom is 0.271 e. The molecule has 0 aliphatic carbocycles. The van der Waals surface area contributed by atoms with Gasteiger partial charge in [0.1, 0.15) is 4.21 Å². The number of sulfonamides is 1. The number of aryl methyl sites for hydroxylation is 2. The van der Waals surface area contributed by atoms with Crippen molar-refractivity contribution in [1.29, 1.82) is 0 Å². The fourth-order valence-electron chi connectivity index (χ4n) is 2.44. The van der Waals surface area contributed by atoms with Gasteiger partial charge in [0, 0.05) is 23.7 Å². The summed E-state index contributed by atoms with van der Waals surface area (Å²) in [6.45, 7) is 10.0. The lowest BCUT2D eigenvalue weighted by atomic mass is 10.1. The SMILES string of the molecule is CCc1ccc(S(=O)(=O)Nc2ccc(N(CC)CC)cc2C)s1. The molecule has 0 aliphatic rings. The van der Waals surface area contributed by atoms with Crippen LogP contribution in [-0.2, 0) is 16.4 Å². The first-order valence-corrected chi connectivity index (χ1v) is 10.2. The summed E-state index contributed by atoms with van der Waals surface area (Å²) in [4.78, 5) is 3.30. The van der Waals surface area contributed by atoms with E-state index in [2.05, 4.69) is 23.5 Å². The van der Waals surface area contributed by atoms with Crippen LogP contribution in [0.4, 0.5) is 11.4 Å². The van der Waals surface area contributed by atoms with E-state index in [0.29, 0.717) is 9.90 Å². The molecule has 0 atom stereocenters. The summed E-state index contributed by atoms with van der Waals surface area (Å²) in [6, 6.07) is 9.37. The van der Waals surface area contributed by atoms with Crippen molar-refractivity contribution in [3.05, 3.63) is 40.8 Å². The lowest BCUT2D eigenvalue weighted by Crippen LogP contribution is -2.22. The first-order chi connectivity index (χ1) is 10.9. The van der Waals surface area contributed by atoms with Crippen LogP contribution in [0, 0.1) is 6.92 Å². The van der Waals surface area contributed by atoms with Crippen molar-refractivity contribution in [1.82, 2.24) is 0 Å². The molecule has 0 spiro atoms. The molecule has 2 aromatic rings. The average Bonchev–Trinajstić information content (AvgIpc) is 3.01. The number of benzene rings is 1. The summed E-state index contributed by atoms with van der Waals surface area (Å²) in [7, 11) is -3.51. The molecule has 1 aromatic heterocycles. The van der Waals surface area contributed by atoms with E-state index in [-0.39, 0.29) is 0 Å². The van der Waals surface area contributed by atoms with Gasteiger partial charge in [0.15, 0.2) is 0 Å². The van der Waals surface area contributed by atoms with E-state index in [4.69, 9.17) is 0 Å². The van der Waals surface area contributed by atoms with Gasteiger partial charge in [-0.05, 0) is 63.1 Å². The zero-order valence-electron chi connectivity index (χ0n) is 14.1. The van der Waals surface area contributed by atoms with Crippen LogP contribution in [0.1, 0.15) is 31.2 Å². The molecule has 6 heteroatoms. The van der Waals surface area contributed by atoms with Gasteiger partial charge >= 0.3 is 0 Å². The van der Waals surface area contributed by atoms with Crippen molar-refractivity contribution in [2.75, 3.05) is 22.7 Å². The number of hydrogen-bond acceptors (Lipinski definition) is 4. The van der Waals surface area contributed by atoms with Gasteiger partial charge in [0.25, 0.3) is 10.0 Å². The van der Waals surface area contributed by atoms with Crippen LogP contribution in [0.3, 0.4) is 0 Å². The van der Waals surface area contributed by atoms with Crippen LogP contribution < -0.4 is 9.62 Å². The number of hydrogen-bond donors (Lipinski definition) is 1. The molecule has 23 heavy (non-hydrogen) atoms. The highest BCUT2D eigenvalue weighted by Crippen LogP contribution is 2.27. The monoisotopic (exact) mass is 352 g/mol. The Labute approximate surface area is 143 Å². The molecule has 0 amide bonds. The van der Waals surface area contributed by atoms with Crippen LogP contribution in [0.25, 0.3) is 0 Å². The first-order valence-electron chi connectivity index (χ1n) is 7.88. The molecule has 126 valence electrons. The van der Waals surface area contributed by atoms with Crippen molar-refractivity contribution in [2.24, 2.45) is 0 Å². The summed E-state index contributed by atoms with van der Waals surface area (Å²) in [5.74, 6) is 0. The average molecular weight is 353 g/mol. The fraction of sp³-hybridized carbons (Fsp3) is 0.412. The molecule has 1 heterocycles. The van der Waals surface area contributed by atoms with Crippen LogP contribution >= 0.6 is 11.3 Å². The zero-order chi connectivity index (χ0) is 17.0. The number of anilines is 2. The third-order valence-electron chi connectivity index (χ3n) is 3.83. The quantitative estimate of drug-likeness (QED) is 0.810. The second-order valence-corrected chi connectivity index (χ2v) is 8.43. The van der Waals surface area contributed by atoms with Crippen LogP contribution in [0.2, 0.25) is 0 Å². The minimum atomic E-state index is -3.51. The lowest BCUT2D eigenvalue weighted by Gasteiger charge is -2.22. The maximum atomic E-state index is 12.5. The Morgan fingerprint density at radius 1 is 1.09 bits per heavy atom. The molecule has 2 rings (SSSR count). The van der Waals surface area contributed by atoms with Crippen LogP contribution in [0.15, 0.2) is 34.5 Å². The highest BCUT2D eigenvalue weighted by Gasteiger charge is 2.18. The smallest absolute Gasteiger partial charge is 0.271 e. The topological polar surface area (TPSA) is 49.4 Å². The standard InChI is InChI=1S/C17H24N2O2S2/c1-5-15-9-11-17(22-15)23(20,21)18-16-10-8-14(12-13(16)4)19(6-2)7-3/h8-12,18H,5-7H2,1-4H3. The first kappa shape index (κ1) is 17.8. The normalized spacial score (nSPS) is 11.5. The third kappa shape index (κ3) is 4.06. The number of thiophene rings is 1. The second kappa shape index (κ2) is 7.36. The zero-order valence-corrected chi connectivity index (χ0v) is 15.7. The van der Waals surface area contributed by atoms with E-state index in [0.717, 1.165) is 35.6 Å². The predicted molar refractivity (Wildman–Crippen MR) is 99.2 cm³/mol. The fourth-order valence-corrected chi connectivity index (χ4v) is 4.86. The molecule has 0 bridgehead atoms. The Bertz CT molecular complexity index is 763. The molecule has 1 aromatic carbocycles. The van der Waals surface area contributed by atoms with Gasteiger partial charge < -0.3 is 4.90 Å². The Morgan fingerprint density at radius 2 is 1.78 bits per heavy atom. The third-order valence-corrected chi connectivity index (χ3v) is 6.92. The molecular weight excluding hydrogens is 328 g/mol. The molecule has 4 nitrogen and oxygen atoms in total. The van der Waals surface area contributed by atoms with Crippen molar-refractivity contribution < 1.29 is 8.42 Å². The van der Waals surface area contributed by atoms with Gasteiger partial charge in [-0.25, -0.2) is 8.42 Å². The van der Waals surface area contributed by atoms with Crippen molar-refractivity contribution >= 4 is 32.7 Å². The summed E-state index contributed by atoms with van der Waals surface area (Å²) in [5, 5.41) is 0. The largest absolute Gasteiger partial charge is 0.372 e.